The minimum Gasteiger partial charge on any atom is -0.351 e. The molecule has 0 fully saturated rings. The van der Waals surface area contributed by atoms with Gasteiger partial charge in [0.05, 0.1) is 30.7 Å². The van der Waals surface area contributed by atoms with Crippen molar-refractivity contribution in [3.05, 3.63) is 66.1 Å². The quantitative estimate of drug-likeness (QED) is 0.336. The monoisotopic (exact) mass is 477 g/mol. The van der Waals surface area contributed by atoms with Gasteiger partial charge in [-0.15, -0.1) is 24.0 Å². The number of aromatic nitrogens is 4. The fourth-order valence-electron chi connectivity index (χ4n) is 2.66. The fraction of sp³-hybridized carbons (Fsp3) is 0.263. The van der Waals surface area contributed by atoms with Crippen LogP contribution >= 0.6 is 24.0 Å². The Hall–Kier alpha value is -2.49. The molecule has 1 aromatic carbocycles. The Kier molecular flexibility index (Phi) is 7.71. The Morgan fingerprint density at radius 1 is 1.19 bits per heavy atom. The van der Waals surface area contributed by atoms with E-state index in [0.717, 1.165) is 34.6 Å². The van der Waals surface area contributed by atoms with Crippen LogP contribution in [0.3, 0.4) is 0 Å². The summed E-state index contributed by atoms with van der Waals surface area (Å²) in [5, 5.41) is 3.32. The highest BCUT2D eigenvalue weighted by Gasteiger charge is 2.10. The first-order valence-electron chi connectivity index (χ1n) is 8.45. The molecule has 0 bridgehead atoms. The zero-order valence-corrected chi connectivity index (χ0v) is 18.0. The maximum atomic E-state index is 4.48. The summed E-state index contributed by atoms with van der Waals surface area (Å²) in [6.07, 6.45) is 3.62. The highest BCUT2D eigenvalue weighted by Crippen LogP contribution is 2.16. The molecule has 0 amide bonds. The molecule has 0 spiro atoms. The van der Waals surface area contributed by atoms with Gasteiger partial charge in [0.15, 0.2) is 5.96 Å². The lowest BCUT2D eigenvalue weighted by Gasteiger charge is -2.21. The Morgan fingerprint density at radius 3 is 2.67 bits per heavy atom. The molecule has 142 valence electrons. The average molecular weight is 477 g/mol. The zero-order chi connectivity index (χ0) is 18.4. The number of aryl methyl sites for hydroxylation is 1. The number of halogens is 1. The van der Waals surface area contributed by atoms with Gasteiger partial charge < -0.3 is 15.2 Å². The van der Waals surface area contributed by atoms with Crippen LogP contribution in [-0.4, -0.2) is 44.9 Å². The molecule has 3 aromatic rings. The Labute approximate surface area is 176 Å². The SMILES string of the molecule is CN=C(NCc1ccnc(C)n1)N(C)Cc1ncc(-c2ccccc2)[nH]1.I. The van der Waals surface area contributed by atoms with E-state index in [1.54, 1.807) is 13.2 Å². The normalized spacial score (nSPS) is 11.0. The number of imidazole rings is 1. The second-order valence-corrected chi connectivity index (χ2v) is 5.96. The van der Waals surface area contributed by atoms with Gasteiger partial charge in [0.25, 0.3) is 0 Å². The minimum atomic E-state index is 0. The van der Waals surface area contributed by atoms with Crippen LogP contribution in [0.1, 0.15) is 17.3 Å². The molecular formula is C19H24IN7. The maximum absolute atomic E-state index is 4.48. The second kappa shape index (κ2) is 10.0. The summed E-state index contributed by atoms with van der Waals surface area (Å²) in [7, 11) is 3.74. The smallest absolute Gasteiger partial charge is 0.194 e. The van der Waals surface area contributed by atoms with Gasteiger partial charge in [-0.2, -0.15) is 0 Å². The number of benzene rings is 1. The van der Waals surface area contributed by atoms with E-state index in [1.807, 2.05) is 49.3 Å². The third-order valence-electron chi connectivity index (χ3n) is 3.93. The van der Waals surface area contributed by atoms with Gasteiger partial charge >= 0.3 is 0 Å². The van der Waals surface area contributed by atoms with Gasteiger partial charge in [0.1, 0.15) is 11.6 Å². The molecule has 0 aliphatic heterocycles. The number of aliphatic imine (C=N–C) groups is 1. The van der Waals surface area contributed by atoms with Gasteiger partial charge in [-0.3, -0.25) is 4.99 Å². The van der Waals surface area contributed by atoms with Gasteiger partial charge in [-0.25, -0.2) is 15.0 Å². The number of H-pyrrole nitrogens is 1. The first kappa shape index (κ1) is 20.8. The molecular weight excluding hydrogens is 453 g/mol. The second-order valence-electron chi connectivity index (χ2n) is 5.96. The van der Waals surface area contributed by atoms with Crippen LogP contribution in [0, 0.1) is 6.92 Å². The van der Waals surface area contributed by atoms with E-state index >= 15 is 0 Å². The molecule has 27 heavy (non-hydrogen) atoms. The van der Waals surface area contributed by atoms with E-state index in [4.69, 9.17) is 0 Å². The lowest BCUT2D eigenvalue weighted by atomic mass is 10.2. The van der Waals surface area contributed by atoms with E-state index in [-0.39, 0.29) is 24.0 Å². The maximum Gasteiger partial charge on any atom is 0.194 e. The van der Waals surface area contributed by atoms with Crippen molar-refractivity contribution in [1.82, 2.24) is 30.2 Å². The highest BCUT2D eigenvalue weighted by molar-refractivity contribution is 14.0. The van der Waals surface area contributed by atoms with Crippen molar-refractivity contribution < 1.29 is 0 Å². The van der Waals surface area contributed by atoms with Gasteiger partial charge in [0.2, 0.25) is 0 Å². The lowest BCUT2D eigenvalue weighted by Crippen LogP contribution is -2.38. The molecule has 2 N–H and O–H groups in total. The van der Waals surface area contributed by atoms with Crippen molar-refractivity contribution in [3.63, 3.8) is 0 Å². The van der Waals surface area contributed by atoms with Crippen molar-refractivity contribution in [3.8, 4) is 11.3 Å². The standard InChI is InChI=1S/C19H23N7.HI/c1-14-21-10-9-16(24-14)11-23-19(20-2)26(3)13-18-22-12-17(25-18)15-7-5-4-6-8-15;/h4-10,12H,11,13H2,1-3H3,(H,20,23)(H,22,25);1H. The molecule has 0 radical (unpaired) electrons. The van der Waals surface area contributed by atoms with Crippen LogP contribution < -0.4 is 5.32 Å². The molecule has 0 unspecified atom stereocenters. The van der Waals surface area contributed by atoms with Crippen LogP contribution in [0.25, 0.3) is 11.3 Å². The van der Waals surface area contributed by atoms with Crippen molar-refractivity contribution in [2.75, 3.05) is 14.1 Å². The van der Waals surface area contributed by atoms with E-state index in [1.165, 1.54) is 0 Å². The number of guanidine groups is 1. The summed E-state index contributed by atoms with van der Waals surface area (Å²) < 4.78 is 0. The van der Waals surface area contributed by atoms with Crippen LogP contribution in [-0.2, 0) is 13.1 Å². The number of aromatic amines is 1. The molecule has 0 aliphatic rings. The predicted molar refractivity (Wildman–Crippen MR) is 118 cm³/mol. The third-order valence-corrected chi connectivity index (χ3v) is 3.93. The fourth-order valence-corrected chi connectivity index (χ4v) is 2.66. The molecule has 7 nitrogen and oxygen atoms in total. The number of hydrogen-bond donors (Lipinski definition) is 2. The molecule has 0 atom stereocenters. The lowest BCUT2D eigenvalue weighted by molar-refractivity contribution is 0.463. The van der Waals surface area contributed by atoms with Crippen LogP contribution in [0.5, 0.6) is 0 Å². The number of rotatable bonds is 5. The van der Waals surface area contributed by atoms with Crippen LogP contribution in [0.15, 0.2) is 53.8 Å². The summed E-state index contributed by atoms with van der Waals surface area (Å²) in [5.74, 6) is 2.42. The third kappa shape index (κ3) is 5.75. The zero-order valence-electron chi connectivity index (χ0n) is 15.7. The number of nitrogens with zero attached hydrogens (tertiary/aromatic N) is 5. The van der Waals surface area contributed by atoms with Crippen LogP contribution in [0.4, 0.5) is 0 Å². The summed E-state index contributed by atoms with van der Waals surface area (Å²) in [6.45, 7) is 3.09. The van der Waals surface area contributed by atoms with Crippen molar-refractivity contribution in [2.45, 2.75) is 20.0 Å². The predicted octanol–water partition coefficient (Wildman–Crippen LogP) is 3.00. The number of nitrogens with one attached hydrogen (secondary N) is 2. The van der Waals surface area contributed by atoms with Crippen molar-refractivity contribution in [2.24, 2.45) is 4.99 Å². The molecule has 0 saturated carbocycles. The molecule has 0 saturated heterocycles. The Balaban J connectivity index is 0.00000261. The molecule has 3 rings (SSSR count). The first-order chi connectivity index (χ1) is 12.7. The van der Waals surface area contributed by atoms with Crippen molar-refractivity contribution in [1.29, 1.82) is 0 Å². The molecule has 2 heterocycles. The summed E-state index contributed by atoms with van der Waals surface area (Å²) in [4.78, 5) is 22.7. The van der Waals surface area contributed by atoms with Crippen molar-refractivity contribution >= 4 is 29.9 Å². The summed E-state index contributed by atoms with van der Waals surface area (Å²) >= 11 is 0. The Bertz CT molecular complexity index is 877. The van der Waals surface area contributed by atoms with Gasteiger partial charge in [-0.1, -0.05) is 30.3 Å². The summed E-state index contributed by atoms with van der Waals surface area (Å²) in [6, 6.07) is 12.1. The van der Waals surface area contributed by atoms with E-state index in [9.17, 15) is 0 Å². The molecule has 2 aromatic heterocycles. The van der Waals surface area contributed by atoms with Gasteiger partial charge in [0, 0.05) is 20.3 Å². The number of hydrogen-bond acceptors (Lipinski definition) is 4. The first-order valence-corrected chi connectivity index (χ1v) is 8.45. The minimum absolute atomic E-state index is 0. The van der Waals surface area contributed by atoms with Gasteiger partial charge in [-0.05, 0) is 18.6 Å². The average Bonchev–Trinajstić information content (AvgIpc) is 3.11. The highest BCUT2D eigenvalue weighted by atomic mass is 127. The Morgan fingerprint density at radius 2 is 1.96 bits per heavy atom. The topological polar surface area (TPSA) is 82.1 Å². The molecule has 0 aliphatic carbocycles. The van der Waals surface area contributed by atoms with E-state index in [2.05, 4.69) is 42.4 Å². The van der Waals surface area contributed by atoms with E-state index in [0.29, 0.717) is 13.1 Å². The van der Waals surface area contributed by atoms with Crippen LogP contribution in [0.2, 0.25) is 0 Å². The summed E-state index contributed by atoms with van der Waals surface area (Å²) in [5.41, 5.74) is 3.06. The van der Waals surface area contributed by atoms with E-state index < -0.39 is 0 Å². The largest absolute Gasteiger partial charge is 0.351 e. The molecule has 8 heteroatoms.